The molecule has 94 valence electrons. The predicted octanol–water partition coefficient (Wildman–Crippen LogP) is 2.11. The molecule has 0 bridgehead atoms. The molecule has 1 aliphatic heterocycles. The Morgan fingerprint density at radius 1 is 1.33 bits per heavy atom. The number of rotatable bonds is 3. The summed E-state index contributed by atoms with van der Waals surface area (Å²) in [4.78, 5) is 14.0. The number of aryl methyl sites for hydroxylation is 1. The number of benzene rings is 1. The van der Waals surface area contributed by atoms with Gasteiger partial charge >= 0.3 is 0 Å². The Bertz CT molecular complexity index is 486. The van der Waals surface area contributed by atoms with Crippen molar-refractivity contribution in [1.29, 1.82) is 0 Å². The molecule has 3 nitrogen and oxygen atoms in total. The van der Waals surface area contributed by atoms with Crippen LogP contribution in [0.2, 0.25) is 0 Å². The maximum Gasteiger partial charge on any atom is 0.251 e. The van der Waals surface area contributed by atoms with Crippen LogP contribution < -0.4 is 5.32 Å². The van der Waals surface area contributed by atoms with Crippen LogP contribution in [0.3, 0.4) is 0 Å². The van der Waals surface area contributed by atoms with Crippen LogP contribution in [0.5, 0.6) is 0 Å². The maximum absolute atomic E-state index is 11.9. The maximum atomic E-state index is 11.9. The van der Waals surface area contributed by atoms with E-state index in [1.165, 1.54) is 0 Å². The van der Waals surface area contributed by atoms with E-state index in [9.17, 15) is 4.79 Å². The van der Waals surface area contributed by atoms with Gasteiger partial charge in [0.25, 0.3) is 5.91 Å². The summed E-state index contributed by atoms with van der Waals surface area (Å²) >= 11 is 0. The molecule has 1 N–H and O–H groups in total. The molecule has 1 aromatic rings. The van der Waals surface area contributed by atoms with Gasteiger partial charge in [-0.2, -0.15) is 0 Å². The van der Waals surface area contributed by atoms with Gasteiger partial charge in [0.1, 0.15) is 0 Å². The van der Waals surface area contributed by atoms with Crippen LogP contribution in [0.15, 0.2) is 48.2 Å². The molecule has 2 rings (SSSR count). The van der Waals surface area contributed by atoms with Crippen molar-refractivity contribution in [3.8, 4) is 0 Å². The summed E-state index contributed by atoms with van der Waals surface area (Å²) < 4.78 is 0. The van der Waals surface area contributed by atoms with Gasteiger partial charge in [-0.1, -0.05) is 29.8 Å². The summed E-state index contributed by atoms with van der Waals surface area (Å²) in [6.07, 6.45) is 6.19. The van der Waals surface area contributed by atoms with Crippen molar-refractivity contribution >= 4 is 5.91 Å². The van der Waals surface area contributed by atoms with Crippen LogP contribution in [-0.2, 0) is 0 Å². The van der Waals surface area contributed by atoms with E-state index in [0.717, 1.165) is 17.7 Å². The fraction of sp³-hybridized carbons (Fsp3) is 0.267. The van der Waals surface area contributed by atoms with Crippen LogP contribution in [0, 0.1) is 6.92 Å². The van der Waals surface area contributed by atoms with Gasteiger partial charge in [0, 0.05) is 31.9 Å². The molecule has 0 fully saturated rings. The molecule has 0 radical (unpaired) electrons. The topological polar surface area (TPSA) is 32.3 Å². The Morgan fingerprint density at radius 3 is 2.72 bits per heavy atom. The van der Waals surface area contributed by atoms with Crippen molar-refractivity contribution in [3.05, 3.63) is 59.3 Å². The van der Waals surface area contributed by atoms with Crippen molar-refractivity contribution in [2.75, 3.05) is 20.1 Å². The molecular formula is C15H18N2O. The van der Waals surface area contributed by atoms with Crippen molar-refractivity contribution < 1.29 is 4.79 Å². The number of nitrogens with one attached hydrogen (secondary N) is 1. The third-order valence-electron chi connectivity index (χ3n) is 2.88. The van der Waals surface area contributed by atoms with E-state index >= 15 is 0 Å². The Labute approximate surface area is 108 Å². The molecule has 18 heavy (non-hydrogen) atoms. The zero-order valence-electron chi connectivity index (χ0n) is 10.8. The summed E-state index contributed by atoms with van der Waals surface area (Å²) in [5.74, 6) is -0.0301. The number of hydrogen-bond donors (Lipinski definition) is 1. The molecule has 3 heteroatoms. The van der Waals surface area contributed by atoms with Crippen LogP contribution in [-0.4, -0.2) is 30.9 Å². The van der Waals surface area contributed by atoms with Crippen molar-refractivity contribution in [3.63, 3.8) is 0 Å². The monoisotopic (exact) mass is 242 g/mol. The lowest BCUT2D eigenvalue weighted by Gasteiger charge is -2.18. The first kappa shape index (κ1) is 12.4. The molecule has 0 unspecified atom stereocenters. The zero-order valence-corrected chi connectivity index (χ0v) is 10.8. The highest BCUT2D eigenvalue weighted by Gasteiger charge is 2.06. The first-order valence-electron chi connectivity index (χ1n) is 6.07. The fourth-order valence-electron chi connectivity index (χ4n) is 1.84. The highest BCUT2D eigenvalue weighted by Crippen LogP contribution is 2.06. The first-order valence-corrected chi connectivity index (χ1v) is 6.07. The molecule has 1 aromatic carbocycles. The second-order valence-electron chi connectivity index (χ2n) is 4.59. The molecule has 0 saturated carbocycles. The second kappa shape index (κ2) is 5.54. The Hall–Kier alpha value is -2.03. The molecule has 1 aliphatic rings. The third kappa shape index (κ3) is 3.23. The Morgan fingerprint density at radius 2 is 2.06 bits per heavy atom. The normalized spacial score (nSPS) is 14.3. The van der Waals surface area contributed by atoms with E-state index in [-0.39, 0.29) is 5.91 Å². The van der Waals surface area contributed by atoms with E-state index in [1.807, 2.05) is 38.2 Å². The predicted molar refractivity (Wildman–Crippen MR) is 73.4 cm³/mol. The lowest BCUT2D eigenvalue weighted by molar-refractivity contribution is 0.0957. The molecule has 0 aromatic heterocycles. The standard InChI is InChI=1S/C15H18N2O/c1-12-5-7-14(8-6-12)15(18)16-10-13-4-3-9-17(2)11-13/h3-8,11H,9-10H2,1-2H3,(H,16,18). The van der Waals surface area contributed by atoms with Gasteiger partial charge in [0.15, 0.2) is 0 Å². The molecule has 1 amide bonds. The minimum atomic E-state index is -0.0301. The summed E-state index contributed by atoms with van der Waals surface area (Å²) in [7, 11) is 2.02. The number of carbonyl (C=O) groups excluding carboxylic acids is 1. The summed E-state index contributed by atoms with van der Waals surface area (Å²) in [6.45, 7) is 3.50. The van der Waals surface area contributed by atoms with E-state index in [2.05, 4.69) is 28.6 Å². The lowest BCUT2D eigenvalue weighted by Crippen LogP contribution is -2.27. The van der Waals surface area contributed by atoms with Gasteiger partial charge in [-0.3, -0.25) is 4.79 Å². The van der Waals surface area contributed by atoms with Gasteiger partial charge in [-0.05, 0) is 24.6 Å². The summed E-state index contributed by atoms with van der Waals surface area (Å²) in [5.41, 5.74) is 2.98. The number of amides is 1. The lowest BCUT2D eigenvalue weighted by atomic mass is 10.1. The van der Waals surface area contributed by atoms with E-state index in [4.69, 9.17) is 0 Å². The van der Waals surface area contributed by atoms with Crippen LogP contribution in [0.4, 0.5) is 0 Å². The van der Waals surface area contributed by atoms with E-state index in [1.54, 1.807) is 0 Å². The third-order valence-corrected chi connectivity index (χ3v) is 2.88. The van der Waals surface area contributed by atoms with Crippen LogP contribution >= 0.6 is 0 Å². The van der Waals surface area contributed by atoms with E-state index in [0.29, 0.717) is 12.1 Å². The largest absolute Gasteiger partial charge is 0.376 e. The average Bonchev–Trinajstić information content (AvgIpc) is 2.37. The first-order chi connectivity index (χ1) is 8.65. The van der Waals surface area contributed by atoms with Crippen molar-refractivity contribution in [1.82, 2.24) is 10.2 Å². The fourth-order valence-corrected chi connectivity index (χ4v) is 1.84. The minimum Gasteiger partial charge on any atom is -0.376 e. The average molecular weight is 242 g/mol. The van der Waals surface area contributed by atoms with Gasteiger partial charge in [-0.25, -0.2) is 0 Å². The SMILES string of the molecule is Cc1ccc(C(=O)NCC2=CN(C)CC=C2)cc1. The summed E-state index contributed by atoms with van der Waals surface area (Å²) in [6, 6.07) is 7.59. The Balaban J connectivity index is 1.92. The van der Waals surface area contributed by atoms with Crippen LogP contribution in [0.1, 0.15) is 15.9 Å². The smallest absolute Gasteiger partial charge is 0.251 e. The number of carbonyl (C=O) groups is 1. The molecule has 0 saturated heterocycles. The number of hydrogen-bond acceptors (Lipinski definition) is 2. The number of likely N-dealkylation sites (N-methyl/N-ethyl adjacent to an activating group) is 1. The quantitative estimate of drug-likeness (QED) is 0.880. The Kier molecular flexibility index (Phi) is 3.82. The van der Waals surface area contributed by atoms with Gasteiger partial charge in [-0.15, -0.1) is 0 Å². The highest BCUT2D eigenvalue weighted by atomic mass is 16.1. The minimum absolute atomic E-state index is 0.0301. The van der Waals surface area contributed by atoms with Crippen molar-refractivity contribution in [2.24, 2.45) is 0 Å². The highest BCUT2D eigenvalue weighted by molar-refractivity contribution is 5.94. The molecule has 0 spiro atoms. The van der Waals surface area contributed by atoms with Gasteiger partial charge in [0.2, 0.25) is 0 Å². The molecule has 0 atom stereocenters. The van der Waals surface area contributed by atoms with E-state index < -0.39 is 0 Å². The van der Waals surface area contributed by atoms with Crippen LogP contribution in [0.25, 0.3) is 0 Å². The summed E-state index contributed by atoms with van der Waals surface area (Å²) in [5, 5.41) is 2.92. The molecular weight excluding hydrogens is 224 g/mol. The zero-order chi connectivity index (χ0) is 13.0. The second-order valence-corrected chi connectivity index (χ2v) is 4.59. The molecule has 0 aliphatic carbocycles. The number of nitrogens with zero attached hydrogens (tertiary/aromatic N) is 1. The van der Waals surface area contributed by atoms with Crippen molar-refractivity contribution in [2.45, 2.75) is 6.92 Å². The van der Waals surface area contributed by atoms with Gasteiger partial charge in [0.05, 0.1) is 0 Å². The molecule has 1 heterocycles. The van der Waals surface area contributed by atoms with Gasteiger partial charge < -0.3 is 10.2 Å².